The van der Waals surface area contributed by atoms with Crippen LogP contribution in [-0.2, 0) is 6.54 Å². The number of halogens is 1. The number of aromatic amines is 1. The lowest BCUT2D eigenvalue weighted by Crippen LogP contribution is -2.22. The van der Waals surface area contributed by atoms with Crippen LogP contribution in [0.4, 0.5) is 0 Å². The van der Waals surface area contributed by atoms with Gasteiger partial charge in [0.2, 0.25) is 0 Å². The van der Waals surface area contributed by atoms with E-state index in [9.17, 15) is 4.79 Å². The molecule has 0 spiro atoms. The summed E-state index contributed by atoms with van der Waals surface area (Å²) >= 11 is 3.36. The van der Waals surface area contributed by atoms with Crippen molar-refractivity contribution in [1.29, 1.82) is 0 Å². The molecule has 0 radical (unpaired) electrons. The third kappa shape index (κ3) is 3.14. The van der Waals surface area contributed by atoms with E-state index in [1.165, 1.54) is 0 Å². The molecule has 100 valence electrons. The van der Waals surface area contributed by atoms with Gasteiger partial charge in [0.15, 0.2) is 0 Å². The third-order valence-electron chi connectivity index (χ3n) is 2.79. The highest BCUT2D eigenvalue weighted by atomic mass is 79.9. The molecule has 0 saturated carbocycles. The number of H-pyrrole nitrogens is 1. The Morgan fingerprint density at radius 3 is 2.89 bits per heavy atom. The second-order valence-corrected chi connectivity index (χ2v) is 4.91. The van der Waals surface area contributed by atoms with Gasteiger partial charge in [-0.15, -0.1) is 0 Å². The fourth-order valence-corrected chi connectivity index (χ4v) is 2.18. The second kappa shape index (κ2) is 5.88. The monoisotopic (exact) mass is 323 g/mol. The van der Waals surface area contributed by atoms with Crippen molar-refractivity contribution in [2.24, 2.45) is 0 Å². The topological polar surface area (TPSA) is 67.0 Å². The molecule has 0 fully saturated rings. The lowest BCUT2D eigenvalue weighted by atomic mass is 10.2. The Kier molecular flexibility index (Phi) is 4.21. The quantitative estimate of drug-likeness (QED) is 0.908. The minimum absolute atomic E-state index is 0.135. The molecule has 1 aromatic heterocycles. The van der Waals surface area contributed by atoms with Crippen LogP contribution in [0.1, 0.15) is 21.6 Å². The van der Waals surface area contributed by atoms with E-state index in [0.29, 0.717) is 17.9 Å². The number of aryl methyl sites for hydroxylation is 1. The predicted octanol–water partition coefficient (Wildman–Crippen LogP) is 2.42. The summed E-state index contributed by atoms with van der Waals surface area (Å²) in [6, 6.07) is 5.21. The minimum atomic E-state index is -0.135. The van der Waals surface area contributed by atoms with Crippen LogP contribution in [0, 0.1) is 6.92 Å². The molecule has 0 bridgehead atoms. The third-order valence-corrected chi connectivity index (χ3v) is 3.41. The summed E-state index contributed by atoms with van der Waals surface area (Å²) in [6.45, 7) is 2.36. The van der Waals surface area contributed by atoms with Crippen LogP contribution in [0.3, 0.4) is 0 Å². The highest BCUT2D eigenvalue weighted by molar-refractivity contribution is 9.10. The van der Waals surface area contributed by atoms with Crippen LogP contribution >= 0.6 is 15.9 Å². The van der Waals surface area contributed by atoms with Gasteiger partial charge in [-0.3, -0.25) is 9.89 Å². The summed E-state index contributed by atoms with van der Waals surface area (Å²) < 4.78 is 5.88. The number of hydrogen-bond donors (Lipinski definition) is 2. The number of amides is 1. The summed E-state index contributed by atoms with van der Waals surface area (Å²) in [5.74, 6) is 0.561. The van der Waals surface area contributed by atoms with Crippen molar-refractivity contribution < 1.29 is 9.53 Å². The van der Waals surface area contributed by atoms with Crippen LogP contribution < -0.4 is 10.1 Å². The number of aromatic nitrogens is 2. The van der Waals surface area contributed by atoms with E-state index in [1.807, 2.05) is 6.92 Å². The first kappa shape index (κ1) is 13.6. The molecule has 1 heterocycles. The van der Waals surface area contributed by atoms with Gasteiger partial charge in [-0.05, 0) is 41.1 Å². The van der Waals surface area contributed by atoms with Gasteiger partial charge in [0.25, 0.3) is 5.91 Å². The summed E-state index contributed by atoms with van der Waals surface area (Å²) in [6.07, 6.45) is 1.71. The Bertz CT molecular complexity index is 595. The van der Waals surface area contributed by atoms with Crippen molar-refractivity contribution in [1.82, 2.24) is 15.5 Å². The average molecular weight is 324 g/mol. The predicted molar refractivity (Wildman–Crippen MR) is 75.2 cm³/mol. The van der Waals surface area contributed by atoms with Gasteiger partial charge in [-0.1, -0.05) is 0 Å². The molecule has 0 aliphatic rings. The standard InChI is InChI=1S/C13H14BrN3O2/c1-8-10(7-16-17-8)6-15-13(18)9-3-4-12(19-2)11(14)5-9/h3-5,7H,6H2,1-2H3,(H,15,18)(H,16,17). The number of hydrogen-bond acceptors (Lipinski definition) is 3. The zero-order chi connectivity index (χ0) is 13.8. The minimum Gasteiger partial charge on any atom is -0.496 e. The number of rotatable bonds is 4. The number of nitrogens with one attached hydrogen (secondary N) is 2. The van der Waals surface area contributed by atoms with E-state index < -0.39 is 0 Å². The van der Waals surface area contributed by atoms with Gasteiger partial charge in [-0.25, -0.2) is 0 Å². The largest absolute Gasteiger partial charge is 0.496 e. The van der Waals surface area contributed by atoms with E-state index in [4.69, 9.17) is 4.74 Å². The smallest absolute Gasteiger partial charge is 0.251 e. The summed E-state index contributed by atoms with van der Waals surface area (Å²) in [7, 11) is 1.58. The maximum Gasteiger partial charge on any atom is 0.251 e. The molecular weight excluding hydrogens is 310 g/mol. The van der Waals surface area contributed by atoms with Crippen molar-refractivity contribution >= 4 is 21.8 Å². The molecule has 1 aromatic carbocycles. The maximum atomic E-state index is 12.0. The van der Waals surface area contributed by atoms with Crippen LogP contribution in [0.25, 0.3) is 0 Å². The molecule has 0 saturated heterocycles. The zero-order valence-electron chi connectivity index (χ0n) is 10.7. The molecule has 0 aliphatic heterocycles. The molecule has 1 amide bonds. The number of methoxy groups -OCH3 is 1. The SMILES string of the molecule is COc1ccc(C(=O)NCc2cn[nH]c2C)cc1Br. The lowest BCUT2D eigenvalue weighted by molar-refractivity contribution is 0.0951. The normalized spacial score (nSPS) is 10.3. The molecule has 19 heavy (non-hydrogen) atoms. The van der Waals surface area contributed by atoms with Crippen LogP contribution in [0.5, 0.6) is 5.75 Å². The molecule has 0 unspecified atom stereocenters. The van der Waals surface area contributed by atoms with Crippen molar-refractivity contribution in [3.05, 3.63) is 45.7 Å². The van der Waals surface area contributed by atoms with Gasteiger partial charge in [0.05, 0.1) is 17.8 Å². The van der Waals surface area contributed by atoms with Gasteiger partial charge in [0, 0.05) is 23.4 Å². The summed E-state index contributed by atoms with van der Waals surface area (Å²) in [5.41, 5.74) is 2.51. The van der Waals surface area contributed by atoms with E-state index >= 15 is 0 Å². The fraction of sp³-hybridized carbons (Fsp3) is 0.231. The Hall–Kier alpha value is -1.82. The molecule has 2 N–H and O–H groups in total. The number of carbonyl (C=O) groups is 1. The van der Waals surface area contributed by atoms with Gasteiger partial charge >= 0.3 is 0 Å². The van der Waals surface area contributed by atoms with Crippen molar-refractivity contribution in [3.8, 4) is 5.75 Å². The Morgan fingerprint density at radius 2 is 2.32 bits per heavy atom. The van der Waals surface area contributed by atoms with E-state index in [0.717, 1.165) is 15.7 Å². The summed E-state index contributed by atoms with van der Waals surface area (Å²) in [4.78, 5) is 12.0. The van der Waals surface area contributed by atoms with Gasteiger partial charge in [-0.2, -0.15) is 5.10 Å². The van der Waals surface area contributed by atoms with Crippen molar-refractivity contribution in [2.45, 2.75) is 13.5 Å². The van der Waals surface area contributed by atoms with E-state index in [2.05, 4.69) is 31.4 Å². The van der Waals surface area contributed by atoms with Gasteiger partial charge < -0.3 is 10.1 Å². The zero-order valence-corrected chi connectivity index (χ0v) is 12.2. The number of nitrogens with zero attached hydrogens (tertiary/aromatic N) is 1. The Balaban J connectivity index is 2.04. The number of ether oxygens (including phenoxy) is 1. The fourth-order valence-electron chi connectivity index (χ4n) is 1.64. The highest BCUT2D eigenvalue weighted by Gasteiger charge is 2.09. The first-order valence-corrected chi connectivity index (χ1v) is 6.51. The highest BCUT2D eigenvalue weighted by Crippen LogP contribution is 2.25. The maximum absolute atomic E-state index is 12.0. The Labute approximate surface area is 119 Å². The van der Waals surface area contributed by atoms with Crippen LogP contribution in [0.2, 0.25) is 0 Å². The second-order valence-electron chi connectivity index (χ2n) is 4.05. The number of benzene rings is 1. The van der Waals surface area contributed by atoms with Crippen LogP contribution in [0.15, 0.2) is 28.9 Å². The molecular formula is C13H14BrN3O2. The summed E-state index contributed by atoms with van der Waals surface area (Å²) in [5, 5.41) is 9.59. The lowest BCUT2D eigenvalue weighted by Gasteiger charge is -2.07. The van der Waals surface area contributed by atoms with E-state index in [-0.39, 0.29) is 5.91 Å². The van der Waals surface area contributed by atoms with Crippen molar-refractivity contribution in [3.63, 3.8) is 0 Å². The number of carbonyl (C=O) groups excluding carboxylic acids is 1. The Morgan fingerprint density at radius 1 is 1.53 bits per heavy atom. The van der Waals surface area contributed by atoms with Crippen molar-refractivity contribution in [2.75, 3.05) is 7.11 Å². The molecule has 0 aliphatic carbocycles. The van der Waals surface area contributed by atoms with E-state index in [1.54, 1.807) is 31.5 Å². The average Bonchev–Trinajstić information content (AvgIpc) is 2.81. The molecule has 2 aromatic rings. The first-order chi connectivity index (χ1) is 9.11. The molecule has 0 atom stereocenters. The molecule has 6 heteroatoms. The van der Waals surface area contributed by atoms with Gasteiger partial charge in [0.1, 0.15) is 5.75 Å². The molecule has 2 rings (SSSR count). The molecule has 5 nitrogen and oxygen atoms in total. The van der Waals surface area contributed by atoms with Crippen LogP contribution in [-0.4, -0.2) is 23.2 Å². The first-order valence-electron chi connectivity index (χ1n) is 5.72.